The normalized spacial score (nSPS) is 33.7. The molecule has 0 amide bonds. The Kier molecular flexibility index (Phi) is 10.1. The molecule has 0 heterocycles. The number of unbranched alkanes of at least 4 members (excludes halogenated alkanes) is 6. The number of hydrogen-bond acceptors (Lipinski definition) is 3. The van der Waals surface area contributed by atoms with Crippen molar-refractivity contribution < 1.29 is 15.0 Å². The van der Waals surface area contributed by atoms with Gasteiger partial charge < -0.3 is 10.2 Å². The molecule has 0 bridgehead atoms. The summed E-state index contributed by atoms with van der Waals surface area (Å²) in [6.07, 6.45) is 17.6. The zero-order valence-corrected chi connectivity index (χ0v) is 20.8. The molecule has 0 radical (unpaired) electrons. The Morgan fingerprint density at radius 1 is 0.969 bits per heavy atom. The van der Waals surface area contributed by atoms with Crippen LogP contribution in [0.2, 0.25) is 0 Å². The summed E-state index contributed by atoms with van der Waals surface area (Å²) in [4.78, 5) is 13.5. The van der Waals surface area contributed by atoms with E-state index < -0.39 is 12.2 Å². The molecule has 3 aliphatic rings. The molecule has 3 aliphatic carbocycles. The van der Waals surface area contributed by atoms with Crippen LogP contribution in [0.1, 0.15) is 123 Å². The third-order valence-corrected chi connectivity index (χ3v) is 8.93. The van der Waals surface area contributed by atoms with Crippen LogP contribution in [0.4, 0.5) is 0 Å². The van der Waals surface area contributed by atoms with Gasteiger partial charge in [-0.15, -0.1) is 0 Å². The Morgan fingerprint density at radius 2 is 1.66 bits per heavy atom. The first-order valence-corrected chi connectivity index (χ1v) is 14.0. The van der Waals surface area contributed by atoms with Crippen molar-refractivity contribution in [3.63, 3.8) is 0 Å². The smallest absolute Gasteiger partial charge is 0.142 e. The van der Waals surface area contributed by atoms with E-state index in [1.54, 1.807) is 0 Å². The van der Waals surface area contributed by atoms with Crippen LogP contribution in [0.15, 0.2) is 0 Å². The molecule has 6 atom stereocenters. The van der Waals surface area contributed by atoms with Gasteiger partial charge in [0.05, 0.1) is 12.0 Å². The summed E-state index contributed by atoms with van der Waals surface area (Å²) >= 11 is 0. The molecule has 0 spiro atoms. The van der Waals surface area contributed by atoms with Gasteiger partial charge in [0.15, 0.2) is 0 Å². The number of hydrogen-bond donors (Lipinski definition) is 2. The van der Waals surface area contributed by atoms with E-state index in [1.165, 1.54) is 57.8 Å². The molecular formula is C29H48O3. The topological polar surface area (TPSA) is 57.5 Å². The van der Waals surface area contributed by atoms with Crippen molar-refractivity contribution in [1.82, 2.24) is 0 Å². The highest BCUT2D eigenvalue weighted by molar-refractivity contribution is 5.94. The number of fused-ring (bicyclic) bond motifs is 1. The quantitative estimate of drug-likeness (QED) is 0.285. The van der Waals surface area contributed by atoms with Crippen LogP contribution in [-0.4, -0.2) is 28.2 Å². The number of aliphatic hydroxyl groups excluding tert-OH is 2. The second-order valence-corrected chi connectivity index (χ2v) is 11.1. The Bertz CT molecular complexity index is 641. The van der Waals surface area contributed by atoms with Crippen molar-refractivity contribution in [2.24, 2.45) is 29.1 Å². The van der Waals surface area contributed by atoms with Crippen molar-refractivity contribution in [3.05, 3.63) is 0 Å². The van der Waals surface area contributed by atoms with Gasteiger partial charge in [-0.2, -0.15) is 0 Å². The molecular weight excluding hydrogens is 396 g/mol. The van der Waals surface area contributed by atoms with Gasteiger partial charge in [0, 0.05) is 11.3 Å². The maximum Gasteiger partial charge on any atom is 0.142 e. The Morgan fingerprint density at radius 3 is 2.34 bits per heavy atom. The van der Waals surface area contributed by atoms with Crippen LogP contribution in [0, 0.1) is 40.9 Å². The molecule has 0 aromatic rings. The third kappa shape index (κ3) is 5.79. The third-order valence-electron chi connectivity index (χ3n) is 8.93. The summed E-state index contributed by atoms with van der Waals surface area (Å²) in [5, 5.41) is 21.7. The average Bonchev–Trinajstić information content (AvgIpc) is 2.82. The zero-order chi connectivity index (χ0) is 23.0. The Hall–Kier alpha value is -0.850. The van der Waals surface area contributed by atoms with Crippen molar-refractivity contribution in [2.75, 3.05) is 0 Å². The minimum absolute atomic E-state index is 0.0686. The SMILES string of the molecule is CCCCCCC1C(=O)[C@]2(CCCCCC)CC[C@H](O)[C@@H](C#C[C@@H](O)C3CCCCC3)[C@H]12. The van der Waals surface area contributed by atoms with Crippen molar-refractivity contribution in [1.29, 1.82) is 0 Å². The predicted octanol–water partition coefficient (Wildman–Crippen LogP) is 6.44. The summed E-state index contributed by atoms with van der Waals surface area (Å²) in [7, 11) is 0. The number of carbonyl (C=O) groups excluding carboxylic acids is 1. The molecule has 2 N–H and O–H groups in total. The van der Waals surface area contributed by atoms with Gasteiger partial charge in [-0.3, -0.25) is 4.79 Å². The Balaban J connectivity index is 1.74. The number of aliphatic hydroxyl groups is 2. The molecule has 3 nitrogen and oxygen atoms in total. The van der Waals surface area contributed by atoms with Crippen molar-refractivity contribution >= 4 is 5.78 Å². The molecule has 3 heteroatoms. The highest BCUT2D eigenvalue weighted by Crippen LogP contribution is 2.62. The van der Waals surface area contributed by atoms with Gasteiger partial charge in [0.25, 0.3) is 0 Å². The lowest BCUT2D eigenvalue weighted by Gasteiger charge is -2.60. The van der Waals surface area contributed by atoms with E-state index >= 15 is 0 Å². The maximum absolute atomic E-state index is 13.5. The summed E-state index contributed by atoms with van der Waals surface area (Å²) in [5.74, 6) is 7.41. The monoisotopic (exact) mass is 444 g/mol. The van der Waals surface area contributed by atoms with E-state index in [1.807, 2.05) is 0 Å². The van der Waals surface area contributed by atoms with E-state index in [2.05, 4.69) is 25.7 Å². The standard InChI is InChI=1S/C29H48O3/c1-3-5-7-12-16-24-27-23(17-18-25(30)22-14-10-9-11-15-22)26(31)19-21-29(27,28(24)32)20-13-8-6-4-2/h22-27,30-31H,3-16,19-21H2,1-2H3/t23-,24?,25-,26+,27-,29-/m1/s1. The molecule has 0 aliphatic heterocycles. The second-order valence-electron chi connectivity index (χ2n) is 11.1. The highest BCUT2D eigenvalue weighted by Gasteiger charge is 2.65. The van der Waals surface area contributed by atoms with Crippen LogP contribution in [-0.2, 0) is 4.79 Å². The van der Waals surface area contributed by atoms with Crippen LogP contribution in [0.5, 0.6) is 0 Å². The van der Waals surface area contributed by atoms with Gasteiger partial charge >= 0.3 is 0 Å². The van der Waals surface area contributed by atoms with Gasteiger partial charge in [-0.05, 0) is 50.4 Å². The molecule has 0 saturated heterocycles. The van der Waals surface area contributed by atoms with E-state index in [9.17, 15) is 15.0 Å². The number of carbonyl (C=O) groups is 1. The fourth-order valence-electron chi connectivity index (χ4n) is 7.01. The predicted molar refractivity (Wildman–Crippen MR) is 131 cm³/mol. The number of Topliss-reactive ketones (excluding diaryl/α,β-unsaturated/α-hetero) is 1. The van der Waals surface area contributed by atoms with Gasteiger partial charge in [-0.25, -0.2) is 0 Å². The molecule has 0 aromatic heterocycles. The molecule has 3 rings (SSSR count). The summed E-state index contributed by atoms with van der Waals surface area (Å²) in [6.45, 7) is 4.44. The van der Waals surface area contributed by atoms with E-state index in [0.717, 1.165) is 44.9 Å². The molecule has 182 valence electrons. The molecule has 0 aromatic carbocycles. The lowest BCUT2D eigenvalue weighted by atomic mass is 9.42. The van der Waals surface area contributed by atoms with Gasteiger partial charge in [0.2, 0.25) is 0 Å². The minimum atomic E-state index is -0.581. The van der Waals surface area contributed by atoms with Crippen molar-refractivity contribution in [3.8, 4) is 11.8 Å². The zero-order valence-electron chi connectivity index (χ0n) is 20.8. The van der Waals surface area contributed by atoms with Crippen LogP contribution in [0.3, 0.4) is 0 Å². The first-order valence-electron chi connectivity index (χ1n) is 14.0. The molecule has 3 saturated carbocycles. The molecule has 32 heavy (non-hydrogen) atoms. The maximum atomic E-state index is 13.5. The first kappa shape index (κ1) is 25.8. The summed E-state index contributed by atoms with van der Waals surface area (Å²) in [6, 6.07) is 0. The lowest BCUT2D eigenvalue weighted by molar-refractivity contribution is -0.177. The van der Waals surface area contributed by atoms with E-state index in [-0.39, 0.29) is 29.1 Å². The first-order chi connectivity index (χ1) is 15.5. The fraction of sp³-hybridized carbons (Fsp3) is 0.897. The van der Waals surface area contributed by atoms with Crippen LogP contribution >= 0.6 is 0 Å². The second kappa shape index (κ2) is 12.6. The van der Waals surface area contributed by atoms with Crippen molar-refractivity contribution in [2.45, 2.75) is 135 Å². The minimum Gasteiger partial charge on any atom is -0.392 e. The summed E-state index contributed by atoms with van der Waals surface area (Å²) < 4.78 is 0. The Labute approximate surface area is 197 Å². The fourth-order valence-corrected chi connectivity index (χ4v) is 7.01. The van der Waals surface area contributed by atoms with E-state index in [4.69, 9.17) is 0 Å². The van der Waals surface area contributed by atoms with Gasteiger partial charge in [0.1, 0.15) is 11.9 Å². The average molecular weight is 445 g/mol. The highest BCUT2D eigenvalue weighted by atomic mass is 16.3. The summed E-state index contributed by atoms with van der Waals surface area (Å²) in [5.41, 5.74) is -0.252. The lowest BCUT2D eigenvalue weighted by Crippen LogP contribution is -2.64. The number of rotatable bonds is 11. The van der Waals surface area contributed by atoms with Crippen LogP contribution in [0.25, 0.3) is 0 Å². The molecule has 3 fully saturated rings. The number of ketones is 1. The molecule has 1 unspecified atom stereocenters. The largest absolute Gasteiger partial charge is 0.392 e. The van der Waals surface area contributed by atoms with Crippen LogP contribution < -0.4 is 0 Å². The van der Waals surface area contributed by atoms with Gasteiger partial charge in [-0.1, -0.05) is 96.3 Å². The van der Waals surface area contributed by atoms with E-state index in [0.29, 0.717) is 12.2 Å².